The van der Waals surface area contributed by atoms with Crippen LogP contribution in [0.2, 0.25) is 0 Å². The number of nitrogens with two attached hydrogens (primary N) is 1. The Morgan fingerprint density at radius 3 is 2.37 bits per heavy atom. The van der Waals surface area contributed by atoms with Gasteiger partial charge in [-0.15, -0.1) is 0 Å². The number of aromatic nitrogens is 1. The first kappa shape index (κ1) is 26.9. The zero-order valence-corrected chi connectivity index (χ0v) is 22.0. The van der Waals surface area contributed by atoms with Gasteiger partial charge >= 0.3 is 0 Å². The summed E-state index contributed by atoms with van der Waals surface area (Å²) in [6, 6.07) is 22.1. The topological polar surface area (TPSA) is 140 Å². The van der Waals surface area contributed by atoms with E-state index in [0.29, 0.717) is 22.5 Å². The number of nitrogen functional groups attached to an aromatic ring is 1. The molecule has 0 unspecified atom stereocenters. The molecular formula is C27H26N4O5S2. The molecule has 0 bridgehead atoms. The number of para-hydroxylation sites is 2. The minimum Gasteiger partial charge on any atom is -0.397 e. The van der Waals surface area contributed by atoms with Gasteiger partial charge in [-0.25, -0.2) is 25.5 Å². The van der Waals surface area contributed by atoms with Crippen molar-refractivity contribution in [2.75, 3.05) is 17.3 Å². The van der Waals surface area contributed by atoms with Crippen LogP contribution in [0.15, 0.2) is 102 Å². The largest absolute Gasteiger partial charge is 0.397 e. The molecule has 0 aliphatic carbocycles. The van der Waals surface area contributed by atoms with Crippen molar-refractivity contribution < 1.29 is 21.6 Å². The zero-order chi connectivity index (χ0) is 27.3. The van der Waals surface area contributed by atoms with Gasteiger partial charge in [0.1, 0.15) is 0 Å². The fourth-order valence-electron chi connectivity index (χ4n) is 3.63. The quantitative estimate of drug-likeness (QED) is 0.215. The highest BCUT2D eigenvalue weighted by Crippen LogP contribution is 2.25. The second kappa shape index (κ2) is 11.1. The summed E-state index contributed by atoms with van der Waals surface area (Å²) in [6.45, 7) is 0.126. The number of carbonyl (C=O) groups is 1. The predicted octanol–water partition coefficient (Wildman–Crippen LogP) is 3.68. The standard InChI is InChI=1S/C27H26N4O5S2/c1-37(33,34)29-18-21-6-4-7-22(16-21)23-8-5-9-24(17-23)38(35,36)31-15-14-20(19-31)12-13-27(32)30-26-11-3-2-10-25(26)28/h2-17,19,29H,18,28H2,1H3,(H,30,32). The summed E-state index contributed by atoms with van der Waals surface area (Å²) in [5.74, 6) is -0.403. The van der Waals surface area contributed by atoms with Crippen molar-refractivity contribution >= 4 is 43.4 Å². The van der Waals surface area contributed by atoms with Gasteiger partial charge in [-0.1, -0.05) is 42.5 Å². The summed E-state index contributed by atoms with van der Waals surface area (Å²) < 4.78 is 52.9. The molecule has 3 aromatic carbocycles. The Hall–Kier alpha value is -4.19. The second-order valence-electron chi connectivity index (χ2n) is 8.51. The minimum atomic E-state index is -3.91. The summed E-state index contributed by atoms with van der Waals surface area (Å²) in [5, 5.41) is 2.67. The number of nitrogens with one attached hydrogen (secondary N) is 2. The Bertz CT molecular complexity index is 1730. The molecule has 0 radical (unpaired) electrons. The SMILES string of the molecule is CS(=O)(=O)NCc1cccc(-c2cccc(S(=O)(=O)n3ccc(C=CC(=O)Nc4ccccc4N)c3)c2)c1. The van der Waals surface area contributed by atoms with E-state index in [0.717, 1.165) is 21.4 Å². The van der Waals surface area contributed by atoms with Gasteiger partial charge in [-0.05, 0) is 64.7 Å². The predicted molar refractivity (Wildman–Crippen MR) is 149 cm³/mol. The Morgan fingerprint density at radius 1 is 0.921 bits per heavy atom. The van der Waals surface area contributed by atoms with E-state index in [2.05, 4.69) is 10.0 Å². The van der Waals surface area contributed by atoms with Crippen LogP contribution < -0.4 is 15.8 Å². The fraction of sp³-hybridized carbons (Fsp3) is 0.0741. The summed E-state index contributed by atoms with van der Waals surface area (Å²) in [5.41, 5.74) is 9.42. The number of rotatable bonds is 9. The van der Waals surface area contributed by atoms with E-state index < -0.39 is 26.0 Å². The first-order chi connectivity index (χ1) is 18.0. The molecule has 9 nitrogen and oxygen atoms in total. The smallest absolute Gasteiger partial charge is 0.267 e. The number of hydrogen-bond donors (Lipinski definition) is 3. The lowest BCUT2D eigenvalue weighted by atomic mass is 10.0. The number of carbonyl (C=O) groups excluding carboxylic acids is 1. The Balaban J connectivity index is 1.51. The number of anilines is 2. The van der Waals surface area contributed by atoms with Crippen LogP contribution in [0.1, 0.15) is 11.1 Å². The van der Waals surface area contributed by atoms with Crippen molar-refractivity contribution in [1.29, 1.82) is 0 Å². The molecule has 0 fully saturated rings. The van der Waals surface area contributed by atoms with E-state index in [9.17, 15) is 21.6 Å². The molecule has 1 heterocycles. The maximum absolute atomic E-state index is 13.3. The molecule has 0 saturated heterocycles. The number of hydrogen-bond acceptors (Lipinski definition) is 6. The molecule has 1 aromatic heterocycles. The summed E-state index contributed by atoms with van der Waals surface area (Å²) >= 11 is 0. The third-order valence-electron chi connectivity index (χ3n) is 5.54. The number of nitrogens with zero attached hydrogens (tertiary/aromatic N) is 1. The van der Waals surface area contributed by atoms with Gasteiger partial charge in [-0.3, -0.25) is 4.79 Å². The first-order valence-corrected chi connectivity index (χ1v) is 14.8. The third-order valence-corrected chi connectivity index (χ3v) is 7.84. The maximum Gasteiger partial charge on any atom is 0.267 e. The van der Waals surface area contributed by atoms with E-state index in [1.165, 1.54) is 30.6 Å². The van der Waals surface area contributed by atoms with Gasteiger partial charge in [0.05, 0.1) is 22.5 Å². The highest BCUT2D eigenvalue weighted by molar-refractivity contribution is 7.90. The molecule has 4 rings (SSSR count). The second-order valence-corrected chi connectivity index (χ2v) is 12.2. The molecule has 4 aromatic rings. The first-order valence-electron chi connectivity index (χ1n) is 11.4. The van der Waals surface area contributed by atoms with Gasteiger partial charge in [0.15, 0.2) is 0 Å². The summed E-state index contributed by atoms with van der Waals surface area (Å²) in [7, 11) is -7.25. The highest BCUT2D eigenvalue weighted by Gasteiger charge is 2.17. The summed E-state index contributed by atoms with van der Waals surface area (Å²) in [6.07, 6.45) is 6.72. The van der Waals surface area contributed by atoms with Crippen molar-refractivity contribution in [3.05, 3.63) is 108 Å². The molecule has 0 atom stereocenters. The highest BCUT2D eigenvalue weighted by atomic mass is 32.2. The van der Waals surface area contributed by atoms with Crippen LogP contribution >= 0.6 is 0 Å². The van der Waals surface area contributed by atoms with Gasteiger partial charge in [-0.2, -0.15) is 0 Å². The molecule has 0 saturated carbocycles. The van der Waals surface area contributed by atoms with Gasteiger partial charge < -0.3 is 11.1 Å². The average molecular weight is 551 g/mol. The molecular weight excluding hydrogens is 524 g/mol. The zero-order valence-electron chi connectivity index (χ0n) is 20.4. The van der Waals surface area contributed by atoms with Crippen LogP contribution in [-0.4, -0.2) is 33.0 Å². The van der Waals surface area contributed by atoms with Gasteiger partial charge in [0, 0.05) is 25.0 Å². The average Bonchev–Trinajstić information content (AvgIpc) is 3.38. The van der Waals surface area contributed by atoms with Gasteiger partial charge in [0.2, 0.25) is 15.9 Å². The summed E-state index contributed by atoms with van der Waals surface area (Å²) in [4.78, 5) is 12.3. The van der Waals surface area contributed by atoms with Crippen molar-refractivity contribution in [2.45, 2.75) is 11.4 Å². The molecule has 196 valence electrons. The van der Waals surface area contributed by atoms with E-state index in [1.54, 1.807) is 66.7 Å². The lowest BCUT2D eigenvalue weighted by molar-refractivity contribution is -0.111. The normalized spacial score (nSPS) is 12.0. The Kier molecular flexibility index (Phi) is 7.81. The number of sulfonamides is 1. The van der Waals surface area contributed by atoms with Crippen LogP contribution in [0.4, 0.5) is 11.4 Å². The van der Waals surface area contributed by atoms with Crippen molar-refractivity contribution in [1.82, 2.24) is 8.69 Å². The molecule has 0 aliphatic rings. The number of benzene rings is 3. The van der Waals surface area contributed by atoms with E-state index in [1.807, 2.05) is 6.07 Å². The fourth-order valence-corrected chi connectivity index (χ4v) is 5.31. The van der Waals surface area contributed by atoms with E-state index in [4.69, 9.17) is 5.73 Å². The Morgan fingerprint density at radius 2 is 1.63 bits per heavy atom. The van der Waals surface area contributed by atoms with Crippen LogP contribution in [0.3, 0.4) is 0 Å². The van der Waals surface area contributed by atoms with Gasteiger partial charge in [0.25, 0.3) is 10.0 Å². The molecule has 1 amide bonds. The van der Waals surface area contributed by atoms with Crippen molar-refractivity contribution in [2.24, 2.45) is 0 Å². The maximum atomic E-state index is 13.3. The van der Waals surface area contributed by atoms with Crippen LogP contribution in [0.25, 0.3) is 17.2 Å². The molecule has 38 heavy (non-hydrogen) atoms. The van der Waals surface area contributed by atoms with Crippen molar-refractivity contribution in [3.63, 3.8) is 0 Å². The molecule has 0 spiro atoms. The van der Waals surface area contributed by atoms with Crippen molar-refractivity contribution in [3.8, 4) is 11.1 Å². The van der Waals surface area contributed by atoms with Crippen LogP contribution in [-0.2, 0) is 31.4 Å². The van der Waals surface area contributed by atoms with E-state index >= 15 is 0 Å². The number of amides is 1. The molecule has 0 aliphatic heterocycles. The third kappa shape index (κ3) is 6.76. The lowest BCUT2D eigenvalue weighted by Crippen LogP contribution is -2.21. The van der Waals surface area contributed by atoms with Crippen LogP contribution in [0.5, 0.6) is 0 Å². The monoisotopic (exact) mass is 550 g/mol. The molecule has 4 N–H and O–H groups in total. The Labute approximate surface area is 221 Å². The lowest BCUT2D eigenvalue weighted by Gasteiger charge is -2.10. The van der Waals surface area contributed by atoms with Crippen LogP contribution in [0, 0.1) is 0 Å². The molecule has 11 heteroatoms. The minimum absolute atomic E-state index is 0.0816. The van der Waals surface area contributed by atoms with E-state index in [-0.39, 0.29) is 11.4 Å².